The van der Waals surface area contributed by atoms with Crippen molar-refractivity contribution in [1.82, 2.24) is 4.90 Å². The van der Waals surface area contributed by atoms with Gasteiger partial charge in [0.1, 0.15) is 11.6 Å². The van der Waals surface area contributed by atoms with Crippen LogP contribution < -0.4 is 5.32 Å². The third kappa shape index (κ3) is 5.52. The van der Waals surface area contributed by atoms with E-state index in [1.165, 1.54) is 12.1 Å². The van der Waals surface area contributed by atoms with E-state index in [2.05, 4.69) is 21.2 Å². The van der Waals surface area contributed by atoms with E-state index in [1.54, 1.807) is 24.3 Å². The Morgan fingerprint density at radius 2 is 1.70 bits per heavy atom. The third-order valence-corrected chi connectivity index (χ3v) is 4.86. The monoisotopic (exact) mass is 444 g/mol. The minimum Gasteiger partial charge on any atom is -0.508 e. The van der Waals surface area contributed by atoms with Gasteiger partial charge in [-0.2, -0.15) is 0 Å². The molecule has 0 saturated heterocycles. The summed E-state index contributed by atoms with van der Waals surface area (Å²) in [6, 6.07) is 21.2. The van der Waals surface area contributed by atoms with Crippen molar-refractivity contribution in [2.24, 2.45) is 0 Å². The van der Waals surface area contributed by atoms with E-state index in [1.807, 2.05) is 41.3 Å². The van der Waals surface area contributed by atoms with Crippen molar-refractivity contribution in [2.75, 3.05) is 5.32 Å². The molecule has 2 N–H and O–H groups in total. The van der Waals surface area contributed by atoms with Gasteiger partial charge in [-0.15, -0.1) is 0 Å². The zero-order valence-corrected chi connectivity index (χ0v) is 16.8. The molecule has 0 heterocycles. The number of hydrogen-bond acceptors (Lipinski definition) is 2. The van der Waals surface area contributed by atoms with E-state index in [0.717, 1.165) is 21.3 Å². The molecule has 0 bridgehead atoms. The number of rotatable bonds is 5. The number of halogens is 2. The molecular weight excluding hydrogens is 427 g/mol. The van der Waals surface area contributed by atoms with Gasteiger partial charge in [0.15, 0.2) is 5.11 Å². The van der Waals surface area contributed by atoms with E-state index in [-0.39, 0.29) is 11.6 Å². The molecule has 0 unspecified atom stereocenters. The van der Waals surface area contributed by atoms with E-state index in [9.17, 15) is 9.50 Å². The first-order valence-electron chi connectivity index (χ1n) is 8.34. The van der Waals surface area contributed by atoms with Crippen molar-refractivity contribution < 1.29 is 9.50 Å². The quantitative estimate of drug-likeness (QED) is 0.495. The number of thiocarbonyl (C=S) groups is 1. The van der Waals surface area contributed by atoms with Crippen LogP contribution in [0.2, 0.25) is 0 Å². The summed E-state index contributed by atoms with van der Waals surface area (Å²) in [5.41, 5.74) is 2.54. The van der Waals surface area contributed by atoms with Gasteiger partial charge < -0.3 is 15.3 Å². The lowest BCUT2D eigenvalue weighted by Crippen LogP contribution is -2.33. The normalized spacial score (nSPS) is 10.4. The number of anilines is 1. The Kier molecular flexibility index (Phi) is 6.42. The van der Waals surface area contributed by atoms with Crippen LogP contribution in [-0.4, -0.2) is 15.1 Å². The van der Waals surface area contributed by atoms with Crippen molar-refractivity contribution in [3.63, 3.8) is 0 Å². The maximum atomic E-state index is 13.2. The highest BCUT2D eigenvalue weighted by Gasteiger charge is 2.14. The Labute approximate surface area is 171 Å². The number of phenols is 1. The molecule has 3 aromatic carbocycles. The Morgan fingerprint density at radius 1 is 1.00 bits per heavy atom. The third-order valence-electron chi connectivity index (χ3n) is 4.00. The summed E-state index contributed by atoms with van der Waals surface area (Å²) in [5, 5.41) is 13.9. The molecule has 0 spiro atoms. The molecule has 0 amide bonds. The average molecular weight is 445 g/mol. The van der Waals surface area contributed by atoms with E-state index >= 15 is 0 Å². The fourth-order valence-electron chi connectivity index (χ4n) is 2.62. The van der Waals surface area contributed by atoms with Crippen molar-refractivity contribution in [3.8, 4) is 5.75 Å². The lowest BCUT2D eigenvalue weighted by Gasteiger charge is -2.26. The van der Waals surface area contributed by atoms with Crippen LogP contribution in [0, 0.1) is 5.82 Å². The molecule has 3 rings (SSSR count). The molecule has 138 valence electrons. The molecule has 0 aromatic heterocycles. The SMILES string of the molecule is Oc1ccc(Br)cc1CN(Cc1ccc(F)cc1)C(=S)Nc1ccccc1. The highest BCUT2D eigenvalue weighted by Crippen LogP contribution is 2.24. The number of hydrogen-bond donors (Lipinski definition) is 2. The lowest BCUT2D eigenvalue weighted by atomic mass is 10.1. The van der Waals surface area contributed by atoms with Gasteiger partial charge in [0.05, 0.1) is 0 Å². The Bertz CT molecular complexity index is 919. The highest BCUT2D eigenvalue weighted by molar-refractivity contribution is 9.10. The highest BCUT2D eigenvalue weighted by atomic mass is 79.9. The van der Waals surface area contributed by atoms with Gasteiger partial charge in [-0.1, -0.05) is 46.3 Å². The van der Waals surface area contributed by atoms with Crippen LogP contribution in [0.3, 0.4) is 0 Å². The molecule has 3 aromatic rings. The van der Waals surface area contributed by atoms with Gasteiger partial charge in [-0.05, 0) is 60.2 Å². The molecule has 0 radical (unpaired) electrons. The summed E-state index contributed by atoms with van der Waals surface area (Å²) in [5.74, 6) is -0.0789. The first-order valence-corrected chi connectivity index (χ1v) is 9.54. The van der Waals surface area contributed by atoms with Crippen LogP contribution in [0.1, 0.15) is 11.1 Å². The molecule has 3 nitrogen and oxygen atoms in total. The second-order valence-electron chi connectivity index (χ2n) is 6.05. The van der Waals surface area contributed by atoms with Gasteiger partial charge in [-0.3, -0.25) is 0 Å². The molecule has 0 aliphatic carbocycles. The number of nitrogens with zero attached hydrogens (tertiary/aromatic N) is 1. The molecular formula is C21H18BrFN2OS. The predicted molar refractivity (Wildman–Crippen MR) is 114 cm³/mol. The van der Waals surface area contributed by atoms with Crippen LogP contribution in [0.25, 0.3) is 0 Å². The van der Waals surface area contributed by atoms with Gasteiger partial charge in [0.25, 0.3) is 0 Å². The summed E-state index contributed by atoms with van der Waals surface area (Å²) in [4.78, 5) is 1.93. The summed E-state index contributed by atoms with van der Waals surface area (Å²) in [7, 11) is 0. The van der Waals surface area contributed by atoms with Crippen molar-refractivity contribution in [2.45, 2.75) is 13.1 Å². The zero-order valence-electron chi connectivity index (χ0n) is 14.4. The van der Waals surface area contributed by atoms with E-state index in [4.69, 9.17) is 12.2 Å². The first kappa shape index (κ1) is 19.3. The molecule has 0 aliphatic rings. The minimum atomic E-state index is -0.278. The number of benzene rings is 3. The molecule has 0 aliphatic heterocycles. The molecule has 0 fully saturated rings. The van der Waals surface area contributed by atoms with Crippen LogP contribution in [0.5, 0.6) is 5.75 Å². The largest absolute Gasteiger partial charge is 0.508 e. The predicted octanol–water partition coefficient (Wildman–Crippen LogP) is 5.69. The number of aromatic hydroxyl groups is 1. The molecule has 0 atom stereocenters. The summed E-state index contributed by atoms with van der Waals surface area (Å²) >= 11 is 9.04. The number of phenolic OH excluding ortho intramolecular Hbond substituents is 1. The summed E-state index contributed by atoms with van der Waals surface area (Å²) < 4.78 is 14.1. The van der Waals surface area contributed by atoms with Crippen LogP contribution in [0.15, 0.2) is 77.3 Å². The first-order chi connectivity index (χ1) is 13.0. The summed E-state index contributed by atoms with van der Waals surface area (Å²) in [6.07, 6.45) is 0. The average Bonchev–Trinajstić information content (AvgIpc) is 2.66. The van der Waals surface area contributed by atoms with Gasteiger partial charge >= 0.3 is 0 Å². The lowest BCUT2D eigenvalue weighted by molar-refractivity contribution is 0.394. The Balaban J connectivity index is 1.84. The molecule has 27 heavy (non-hydrogen) atoms. The van der Waals surface area contributed by atoms with Crippen LogP contribution in [0.4, 0.5) is 10.1 Å². The van der Waals surface area contributed by atoms with Crippen molar-refractivity contribution in [3.05, 3.63) is 94.2 Å². The zero-order chi connectivity index (χ0) is 19.2. The van der Waals surface area contributed by atoms with Gasteiger partial charge in [0, 0.05) is 28.8 Å². The Morgan fingerprint density at radius 3 is 2.41 bits per heavy atom. The smallest absolute Gasteiger partial charge is 0.174 e. The Hall–Kier alpha value is -2.44. The van der Waals surface area contributed by atoms with E-state index in [0.29, 0.717) is 18.2 Å². The maximum Gasteiger partial charge on any atom is 0.174 e. The topological polar surface area (TPSA) is 35.5 Å². The maximum absolute atomic E-state index is 13.2. The van der Waals surface area contributed by atoms with Gasteiger partial charge in [0.2, 0.25) is 0 Å². The fourth-order valence-corrected chi connectivity index (χ4v) is 3.28. The van der Waals surface area contributed by atoms with Crippen LogP contribution >= 0.6 is 28.1 Å². The summed E-state index contributed by atoms with van der Waals surface area (Å²) in [6.45, 7) is 0.881. The standard InChI is InChI=1S/C21H18BrFN2OS/c22-17-8-11-20(26)16(12-17)14-25(13-15-6-9-18(23)10-7-15)21(27)24-19-4-2-1-3-5-19/h1-12,26H,13-14H2,(H,24,27). The van der Waals surface area contributed by atoms with E-state index < -0.39 is 0 Å². The van der Waals surface area contributed by atoms with Gasteiger partial charge in [-0.25, -0.2) is 4.39 Å². The van der Waals surface area contributed by atoms with Crippen molar-refractivity contribution in [1.29, 1.82) is 0 Å². The van der Waals surface area contributed by atoms with Crippen LogP contribution in [-0.2, 0) is 13.1 Å². The minimum absolute atomic E-state index is 0.199. The van der Waals surface area contributed by atoms with Crippen molar-refractivity contribution >= 4 is 38.9 Å². The molecule has 6 heteroatoms. The second kappa shape index (κ2) is 8.97. The number of nitrogens with one attached hydrogen (secondary N) is 1. The second-order valence-corrected chi connectivity index (χ2v) is 7.35. The fraction of sp³-hybridized carbons (Fsp3) is 0.0952. The number of para-hydroxylation sites is 1. The molecule has 0 saturated carbocycles.